The summed E-state index contributed by atoms with van der Waals surface area (Å²) >= 11 is 0. The second-order valence-corrected chi connectivity index (χ2v) is 11.4. The topological polar surface area (TPSA) is 105 Å². The molecule has 3 saturated carbocycles. The van der Waals surface area contributed by atoms with E-state index < -0.39 is 0 Å². The second-order valence-electron chi connectivity index (χ2n) is 11.4. The summed E-state index contributed by atoms with van der Waals surface area (Å²) < 4.78 is 1.63. The highest BCUT2D eigenvalue weighted by Crippen LogP contribution is 2.65. The summed E-state index contributed by atoms with van der Waals surface area (Å²) in [7, 11) is 3.31. The van der Waals surface area contributed by atoms with Crippen LogP contribution in [-0.4, -0.2) is 40.4 Å². The Hall–Kier alpha value is -2.64. The summed E-state index contributed by atoms with van der Waals surface area (Å²) in [5, 5.41) is 8.72. The van der Waals surface area contributed by atoms with E-state index in [4.69, 9.17) is 0 Å². The van der Waals surface area contributed by atoms with E-state index in [-0.39, 0.29) is 40.4 Å². The molecule has 7 atom stereocenters. The van der Waals surface area contributed by atoms with Gasteiger partial charge in [0.2, 0.25) is 17.6 Å². The lowest BCUT2D eigenvalue weighted by molar-refractivity contribution is -0.123. The summed E-state index contributed by atoms with van der Waals surface area (Å²) in [6.45, 7) is 4.75. The van der Waals surface area contributed by atoms with Gasteiger partial charge in [-0.2, -0.15) is 0 Å². The Morgan fingerprint density at radius 2 is 1.97 bits per heavy atom. The molecule has 5 rings (SSSR count). The van der Waals surface area contributed by atoms with Gasteiger partial charge in [0.1, 0.15) is 0 Å². The number of nitrogens with zero attached hydrogens (tertiary/aromatic N) is 2. The third-order valence-corrected chi connectivity index (χ3v) is 9.89. The van der Waals surface area contributed by atoms with E-state index in [1.165, 1.54) is 6.42 Å². The maximum atomic E-state index is 13.0. The van der Waals surface area contributed by atoms with Gasteiger partial charge < -0.3 is 20.5 Å². The molecule has 34 heavy (non-hydrogen) atoms. The first-order chi connectivity index (χ1) is 16.2. The van der Waals surface area contributed by atoms with E-state index in [0.717, 1.165) is 32.1 Å². The summed E-state index contributed by atoms with van der Waals surface area (Å²) in [4.78, 5) is 41.1. The summed E-state index contributed by atoms with van der Waals surface area (Å²) in [6, 6.07) is 0.247. The van der Waals surface area contributed by atoms with Crippen LogP contribution >= 0.6 is 0 Å². The number of amides is 3. The molecule has 3 N–H and O–H groups in total. The molecule has 0 unspecified atom stereocenters. The van der Waals surface area contributed by atoms with E-state index in [0.29, 0.717) is 35.9 Å². The Morgan fingerprint density at radius 3 is 2.74 bits per heavy atom. The lowest BCUT2D eigenvalue weighted by atomic mass is 9.48. The van der Waals surface area contributed by atoms with E-state index in [2.05, 4.69) is 40.9 Å². The third-order valence-electron chi connectivity index (χ3n) is 9.89. The zero-order chi connectivity index (χ0) is 24.3. The Bertz CT molecular complexity index is 1050. The lowest BCUT2D eigenvalue weighted by Crippen LogP contribution is -2.59. The first kappa shape index (κ1) is 23.1. The zero-order valence-corrected chi connectivity index (χ0v) is 20.7. The molecule has 1 aliphatic heterocycles. The molecule has 8 nitrogen and oxygen atoms in total. The molecule has 1 aromatic heterocycles. The van der Waals surface area contributed by atoms with Crippen molar-refractivity contribution < 1.29 is 14.4 Å². The van der Waals surface area contributed by atoms with Crippen LogP contribution in [0.5, 0.6) is 0 Å². The number of anilines is 1. The van der Waals surface area contributed by atoms with Crippen molar-refractivity contribution in [1.82, 2.24) is 20.2 Å². The fourth-order valence-corrected chi connectivity index (χ4v) is 8.04. The molecule has 3 fully saturated rings. The molecular weight excluding hydrogens is 430 g/mol. The monoisotopic (exact) mass is 467 g/mol. The van der Waals surface area contributed by atoms with Crippen molar-refractivity contribution >= 4 is 23.5 Å². The quantitative estimate of drug-likeness (QED) is 0.633. The largest absolute Gasteiger partial charge is 0.352 e. The Kier molecular flexibility index (Phi) is 5.60. The second kappa shape index (κ2) is 8.24. The molecule has 1 aromatic rings. The standard InChI is InChI=1S/C26H37N5O3/c1-25-11-9-18-16(6-8-19-26(18,2)12-10-21(32)28-19)17(25)7-5-15(25)13-22(33)29-20-14-31(4)23(30-20)24(34)27-3/h10,12,14-19H,5-9,11,13H2,1-4H3,(H,27,34)(H,28,32)(H,29,33)/t15-,16+,17+,18+,19-,25-,26-/m1/s1. The van der Waals surface area contributed by atoms with E-state index in [9.17, 15) is 14.4 Å². The van der Waals surface area contributed by atoms with Crippen molar-refractivity contribution in [3.8, 4) is 0 Å². The highest BCUT2D eigenvalue weighted by atomic mass is 16.2. The molecule has 184 valence electrons. The van der Waals surface area contributed by atoms with Crippen molar-refractivity contribution in [3.63, 3.8) is 0 Å². The van der Waals surface area contributed by atoms with Crippen LogP contribution in [0.2, 0.25) is 0 Å². The van der Waals surface area contributed by atoms with Gasteiger partial charge in [-0.3, -0.25) is 14.4 Å². The molecule has 8 heteroatoms. The average molecular weight is 468 g/mol. The fraction of sp³-hybridized carbons (Fsp3) is 0.692. The van der Waals surface area contributed by atoms with Crippen molar-refractivity contribution in [2.45, 2.75) is 64.8 Å². The Balaban J connectivity index is 1.27. The minimum Gasteiger partial charge on any atom is -0.352 e. The van der Waals surface area contributed by atoms with Crippen molar-refractivity contribution in [1.29, 1.82) is 0 Å². The zero-order valence-electron chi connectivity index (χ0n) is 20.7. The van der Waals surface area contributed by atoms with Crippen LogP contribution in [0.4, 0.5) is 5.82 Å². The lowest BCUT2D eigenvalue weighted by Gasteiger charge is -2.59. The van der Waals surface area contributed by atoms with Crippen LogP contribution in [0.1, 0.15) is 69.4 Å². The predicted molar refractivity (Wildman–Crippen MR) is 129 cm³/mol. The van der Waals surface area contributed by atoms with E-state index in [1.54, 1.807) is 30.9 Å². The molecular formula is C26H37N5O3. The van der Waals surface area contributed by atoms with Gasteiger partial charge in [0, 0.05) is 38.2 Å². The van der Waals surface area contributed by atoms with Gasteiger partial charge in [0.05, 0.1) is 0 Å². The molecule has 0 saturated heterocycles. The number of carbonyl (C=O) groups is 3. The summed E-state index contributed by atoms with van der Waals surface area (Å²) in [6.07, 6.45) is 12.8. The number of hydrogen-bond acceptors (Lipinski definition) is 4. The van der Waals surface area contributed by atoms with Crippen molar-refractivity contribution in [2.75, 3.05) is 12.4 Å². The van der Waals surface area contributed by atoms with Crippen molar-refractivity contribution in [3.05, 3.63) is 24.2 Å². The SMILES string of the molecule is CNC(=O)c1nc(NC(=O)C[C@H]2CC[C@H]3[C@@H]4CC[C@H]5NC(=O)C=C[C@]5(C)[C@H]4CC[C@]23C)cn1C. The maximum absolute atomic E-state index is 13.0. The fourth-order valence-electron chi connectivity index (χ4n) is 8.04. The highest BCUT2D eigenvalue weighted by Gasteiger charge is 2.59. The van der Waals surface area contributed by atoms with Crippen LogP contribution in [-0.2, 0) is 16.6 Å². The maximum Gasteiger partial charge on any atom is 0.287 e. The van der Waals surface area contributed by atoms with E-state index in [1.807, 2.05) is 0 Å². The molecule has 0 bridgehead atoms. The van der Waals surface area contributed by atoms with E-state index >= 15 is 0 Å². The first-order valence-corrected chi connectivity index (χ1v) is 12.7. The smallest absolute Gasteiger partial charge is 0.287 e. The third kappa shape index (κ3) is 3.57. The first-order valence-electron chi connectivity index (χ1n) is 12.7. The molecule has 3 aliphatic carbocycles. The number of aromatic nitrogens is 2. The number of carbonyl (C=O) groups excluding carboxylic acids is 3. The number of hydrogen-bond donors (Lipinski definition) is 3. The van der Waals surface area contributed by atoms with Crippen LogP contribution in [0.25, 0.3) is 0 Å². The predicted octanol–water partition coefficient (Wildman–Crippen LogP) is 3.02. The van der Waals surface area contributed by atoms with Gasteiger partial charge in [-0.15, -0.1) is 0 Å². The molecule has 2 heterocycles. The number of imidazole rings is 1. The van der Waals surface area contributed by atoms with Crippen molar-refractivity contribution in [2.24, 2.45) is 41.5 Å². The minimum absolute atomic E-state index is 0.0239. The highest BCUT2D eigenvalue weighted by molar-refractivity contribution is 5.93. The van der Waals surface area contributed by atoms with Crippen LogP contribution in [0.15, 0.2) is 18.3 Å². The number of aryl methyl sites for hydroxylation is 1. The molecule has 0 radical (unpaired) electrons. The molecule has 4 aliphatic rings. The summed E-state index contributed by atoms with van der Waals surface area (Å²) in [5.41, 5.74) is 0.204. The van der Waals surface area contributed by atoms with Crippen LogP contribution in [0.3, 0.4) is 0 Å². The number of fused-ring (bicyclic) bond motifs is 5. The normalized spacial score (nSPS) is 38.4. The molecule has 0 aromatic carbocycles. The van der Waals surface area contributed by atoms with Gasteiger partial charge in [-0.25, -0.2) is 4.98 Å². The van der Waals surface area contributed by atoms with Gasteiger partial charge in [-0.1, -0.05) is 19.9 Å². The average Bonchev–Trinajstić information content (AvgIpc) is 3.32. The van der Waals surface area contributed by atoms with Crippen LogP contribution in [0, 0.1) is 34.5 Å². The Labute approximate surface area is 201 Å². The molecule has 0 spiro atoms. The Morgan fingerprint density at radius 1 is 1.18 bits per heavy atom. The molecule has 3 amide bonds. The number of rotatable bonds is 4. The number of nitrogens with one attached hydrogen (secondary N) is 3. The van der Waals surface area contributed by atoms with Gasteiger partial charge in [-0.05, 0) is 73.7 Å². The van der Waals surface area contributed by atoms with Gasteiger partial charge >= 0.3 is 0 Å². The minimum atomic E-state index is -0.276. The van der Waals surface area contributed by atoms with Gasteiger partial charge in [0.15, 0.2) is 5.82 Å². The van der Waals surface area contributed by atoms with Crippen LogP contribution < -0.4 is 16.0 Å². The summed E-state index contributed by atoms with van der Waals surface area (Å²) in [5.74, 6) is 2.67. The van der Waals surface area contributed by atoms with Gasteiger partial charge in [0.25, 0.3) is 5.91 Å².